The third-order valence-electron chi connectivity index (χ3n) is 3.75. The highest BCUT2D eigenvalue weighted by molar-refractivity contribution is 7.80. The molecular formula is C14H18N2O2S. The van der Waals surface area contributed by atoms with Crippen LogP contribution in [-0.2, 0) is 0 Å². The highest BCUT2D eigenvalue weighted by atomic mass is 32.1. The summed E-state index contributed by atoms with van der Waals surface area (Å²) in [6, 6.07) is 4.94. The SMILES string of the molecule is Cc1c(O)cccc1C(=O)NC1CCCC1C(N)=S. The van der Waals surface area contributed by atoms with Crippen molar-refractivity contribution >= 4 is 23.1 Å². The molecular weight excluding hydrogens is 260 g/mol. The number of phenolic OH excluding ortho intramolecular Hbond substituents is 1. The fourth-order valence-corrected chi connectivity index (χ4v) is 2.87. The molecule has 1 aliphatic carbocycles. The molecule has 0 aromatic heterocycles. The monoisotopic (exact) mass is 278 g/mol. The number of amides is 1. The van der Waals surface area contributed by atoms with Crippen molar-refractivity contribution in [1.82, 2.24) is 5.32 Å². The number of nitrogens with one attached hydrogen (secondary N) is 1. The van der Waals surface area contributed by atoms with Gasteiger partial charge in [-0.15, -0.1) is 0 Å². The Morgan fingerprint density at radius 1 is 1.47 bits per heavy atom. The average molecular weight is 278 g/mol. The maximum atomic E-state index is 12.2. The van der Waals surface area contributed by atoms with Gasteiger partial charge in [-0.1, -0.05) is 24.7 Å². The fraction of sp³-hybridized carbons (Fsp3) is 0.429. The standard InChI is InChI=1S/C14H18N2O2S/c1-8-9(4-3-7-12(8)17)14(18)16-11-6-2-5-10(11)13(15)19/h3-4,7,10-11,17H,2,5-6H2,1H3,(H2,15,19)(H,16,18). The van der Waals surface area contributed by atoms with Gasteiger partial charge in [0, 0.05) is 23.1 Å². The van der Waals surface area contributed by atoms with E-state index in [1.54, 1.807) is 25.1 Å². The van der Waals surface area contributed by atoms with Crippen molar-refractivity contribution in [1.29, 1.82) is 0 Å². The zero-order chi connectivity index (χ0) is 14.0. The van der Waals surface area contributed by atoms with Gasteiger partial charge >= 0.3 is 0 Å². The Balaban J connectivity index is 2.13. The topological polar surface area (TPSA) is 75.3 Å². The predicted octanol–water partition coefficient (Wildman–Crippen LogP) is 1.89. The molecule has 2 rings (SSSR count). The summed E-state index contributed by atoms with van der Waals surface area (Å²) in [5, 5.41) is 12.6. The zero-order valence-corrected chi connectivity index (χ0v) is 11.7. The van der Waals surface area contributed by atoms with Crippen molar-refractivity contribution in [2.45, 2.75) is 32.2 Å². The quantitative estimate of drug-likeness (QED) is 0.738. The van der Waals surface area contributed by atoms with Gasteiger partial charge in [-0.05, 0) is 31.9 Å². The van der Waals surface area contributed by atoms with Gasteiger partial charge in [-0.3, -0.25) is 4.79 Å². The second-order valence-corrected chi connectivity index (χ2v) is 5.44. The molecule has 1 saturated carbocycles. The molecule has 1 fully saturated rings. The minimum absolute atomic E-state index is 0.00625. The number of phenols is 1. The van der Waals surface area contributed by atoms with Crippen LogP contribution in [0.1, 0.15) is 35.2 Å². The van der Waals surface area contributed by atoms with Crippen molar-refractivity contribution in [3.8, 4) is 5.75 Å². The van der Waals surface area contributed by atoms with Crippen molar-refractivity contribution in [2.24, 2.45) is 11.7 Å². The molecule has 1 aromatic rings. The molecule has 1 aliphatic rings. The fourth-order valence-electron chi connectivity index (χ4n) is 2.59. The van der Waals surface area contributed by atoms with Crippen LogP contribution in [0.3, 0.4) is 0 Å². The van der Waals surface area contributed by atoms with Crippen LogP contribution in [0.2, 0.25) is 0 Å². The van der Waals surface area contributed by atoms with Crippen LogP contribution < -0.4 is 11.1 Å². The summed E-state index contributed by atoms with van der Waals surface area (Å²) in [5.41, 5.74) is 6.78. The molecule has 0 radical (unpaired) electrons. The Labute approximate surface area is 118 Å². The molecule has 1 amide bonds. The minimum Gasteiger partial charge on any atom is -0.508 e. The lowest BCUT2D eigenvalue weighted by Crippen LogP contribution is -2.41. The maximum Gasteiger partial charge on any atom is 0.251 e. The molecule has 0 saturated heterocycles. The summed E-state index contributed by atoms with van der Waals surface area (Å²) >= 11 is 5.03. The molecule has 4 nitrogen and oxygen atoms in total. The molecule has 0 aliphatic heterocycles. The number of nitrogens with two attached hydrogens (primary N) is 1. The van der Waals surface area contributed by atoms with E-state index in [0.29, 0.717) is 16.1 Å². The van der Waals surface area contributed by atoms with E-state index in [2.05, 4.69) is 5.32 Å². The van der Waals surface area contributed by atoms with Crippen molar-refractivity contribution in [3.05, 3.63) is 29.3 Å². The molecule has 0 bridgehead atoms. The van der Waals surface area contributed by atoms with Gasteiger partial charge in [0.2, 0.25) is 0 Å². The van der Waals surface area contributed by atoms with Crippen LogP contribution in [0.25, 0.3) is 0 Å². The molecule has 4 N–H and O–H groups in total. The second kappa shape index (κ2) is 5.57. The molecule has 0 spiro atoms. The summed E-state index contributed by atoms with van der Waals surface area (Å²) in [4.78, 5) is 12.7. The molecule has 19 heavy (non-hydrogen) atoms. The summed E-state index contributed by atoms with van der Waals surface area (Å²) in [5.74, 6) is 0.0306. The van der Waals surface area contributed by atoms with E-state index in [4.69, 9.17) is 18.0 Å². The second-order valence-electron chi connectivity index (χ2n) is 4.97. The zero-order valence-electron chi connectivity index (χ0n) is 10.8. The minimum atomic E-state index is -0.179. The summed E-state index contributed by atoms with van der Waals surface area (Å²) < 4.78 is 0. The van der Waals surface area contributed by atoms with E-state index in [1.807, 2.05) is 0 Å². The van der Waals surface area contributed by atoms with E-state index in [9.17, 15) is 9.90 Å². The Hall–Kier alpha value is -1.62. The number of rotatable bonds is 3. The highest BCUT2D eigenvalue weighted by Crippen LogP contribution is 2.27. The Kier molecular flexibility index (Phi) is 4.04. The van der Waals surface area contributed by atoms with Crippen LogP contribution in [0.5, 0.6) is 5.75 Å². The van der Waals surface area contributed by atoms with Crippen molar-refractivity contribution in [3.63, 3.8) is 0 Å². The highest BCUT2D eigenvalue weighted by Gasteiger charge is 2.31. The number of benzene rings is 1. The Morgan fingerprint density at radius 3 is 2.89 bits per heavy atom. The predicted molar refractivity (Wildman–Crippen MR) is 78.2 cm³/mol. The van der Waals surface area contributed by atoms with Crippen LogP contribution in [0, 0.1) is 12.8 Å². The lowest BCUT2D eigenvalue weighted by atomic mass is 10.0. The lowest BCUT2D eigenvalue weighted by molar-refractivity contribution is 0.0932. The van der Waals surface area contributed by atoms with E-state index < -0.39 is 0 Å². The number of thiocarbonyl (C=S) groups is 1. The molecule has 2 atom stereocenters. The van der Waals surface area contributed by atoms with Gasteiger partial charge in [0.1, 0.15) is 5.75 Å². The largest absolute Gasteiger partial charge is 0.508 e. The average Bonchev–Trinajstić information content (AvgIpc) is 2.80. The van der Waals surface area contributed by atoms with E-state index in [1.165, 1.54) is 0 Å². The van der Waals surface area contributed by atoms with Crippen LogP contribution in [-0.4, -0.2) is 22.0 Å². The molecule has 1 aromatic carbocycles. The first-order valence-corrected chi connectivity index (χ1v) is 6.80. The van der Waals surface area contributed by atoms with E-state index >= 15 is 0 Å². The number of carbonyl (C=O) groups excluding carboxylic acids is 1. The van der Waals surface area contributed by atoms with Crippen LogP contribution in [0.15, 0.2) is 18.2 Å². The first-order chi connectivity index (χ1) is 9.00. The first-order valence-electron chi connectivity index (χ1n) is 6.39. The summed E-state index contributed by atoms with van der Waals surface area (Å²) in [7, 11) is 0. The van der Waals surface area contributed by atoms with Crippen molar-refractivity contribution in [2.75, 3.05) is 0 Å². The van der Waals surface area contributed by atoms with Gasteiger partial charge in [0.15, 0.2) is 0 Å². The number of aromatic hydroxyl groups is 1. The van der Waals surface area contributed by atoms with Gasteiger partial charge in [-0.25, -0.2) is 0 Å². The normalized spacial score (nSPS) is 22.2. The first kappa shape index (κ1) is 13.8. The van der Waals surface area contributed by atoms with E-state index in [0.717, 1.165) is 19.3 Å². The molecule has 102 valence electrons. The maximum absolute atomic E-state index is 12.2. The number of hydrogen-bond donors (Lipinski definition) is 3. The van der Waals surface area contributed by atoms with Gasteiger partial charge in [-0.2, -0.15) is 0 Å². The van der Waals surface area contributed by atoms with Gasteiger partial charge in [0.05, 0.1) is 4.99 Å². The lowest BCUT2D eigenvalue weighted by Gasteiger charge is -2.20. The van der Waals surface area contributed by atoms with Gasteiger partial charge in [0.25, 0.3) is 5.91 Å². The smallest absolute Gasteiger partial charge is 0.251 e. The van der Waals surface area contributed by atoms with Crippen LogP contribution in [0.4, 0.5) is 0 Å². The number of hydrogen-bond acceptors (Lipinski definition) is 3. The summed E-state index contributed by atoms with van der Waals surface area (Å²) in [6.07, 6.45) is 2.84. The Morgan fingerprint density at radius 2 is 2.21 bits per heavy atom. The van der Waals surface area contributed by atoms with Gasteiger partial charge < -0.3 is 16.2 Å². The molecule has 2 unspecified atom stereocenters. The molecule has 0 heterocycles. The van der Waals surface area contributed by atoms with Crippen molar-refractivity contribution < 1.29 is 9.90 Å². The van der Waals surface area contributed by atoms with E-state index in [-0.39, 0.29) is 23.6 Å². The summed E-state index contributed by atoms with van der Waals surface area (Å²) in [6.45, 7) is 1.73. The Bertz CT molecular complexity index is 516. The number of carbonyl (C=O) groups is 1. The molecule has 5 heteroatoms. The van der Waals surface area contributed by atoms with Crippen LogP contribution >= 0.6 is 12.2 Å². The third-order valence-corrected chi connectivity index (χ3v) is 4.05. The third kappa shape index (κ3) is 2.87.